The van der Waals surface area contributed by atoms with Gasteiger partial charge >= 0.3 is 0 Å². The van der Waals surface area contributed by atoms with Gasteiger partial charge in [-0.3, -0.25) is 14.4 Å². The number of aromatic nitrogens is 4. The average molecular weight is 364 g/mol. The number of piperidine rings is 1. The fraction of sp³-hybridized carbons (Fsp3) is 0.350. The van der Waals surface area contributed by atoms with Crippen molar-refractivity contribution in [3.8, 4) is 5.69 Å². The molecule has 27 heavy (non-hydrogen) atoms. The minimum absolute atomic E-state index is 0.00350. The molecule has 1 aliphatic heterocycles. The molecule has 1 atom stereocenters. The number of carbonyl (C=O) groups is 1. The molecule has 0 aliphatic carbocycles. The summed E-state index contributed by atoms with van der Waals surface area (Å²) in [7, 11) is 1.92. The van der Waals surface area contributed by atoms with Crippen molar-refractivity contribution in [3.63, 3.8) is 0 Å². The smallest absolute Gasteiger partial charge is 0.228 e. The van der Waals surface area contributed by atoms with E-state index in [4.69, 9.17) is 0 Å². The predicted molar refractivity (Wildman–Crippen MR) is 103 cm³/mol. The lowest BCUT2D eigenvalue weighted by Crippen LogP contribution is -2.40. The number of anilines is 1. The molecule has 0 bridgehead atoms. The van der Waals surface area contributed by atoms with Crippen molar-refractivity contribution in [1.29, 1.82) is 0 Å². The average Bonchev–Trinajstić information content (AvgIpc) is 3.34. The van der Waals surface area contributed by atoms with Crippen LogP contribution in [-0.4, -0.2) is 43.5 Å². The standard InChI is InChI=1S/C20H24N6O/c1-24-13-16(12-22-24)14-25-9-3-5-17(15-25)20(27)23-18-6-2-7-19(11-18)26-10-4-8-21-26/h2,4,6-8,10-13,17H,3,5,9,14-15H2,1H3,(H,23,27)/t17-/m0/s1. The van der Waals surface area contributed by atoms with Gasteiger partial charge in [0, 0.05) is 50.0 Å². The van der Waals surface area contributed by atoms with Crippen molar-refractivity contribution < 1.29 is 4.79 Å². The van der Waals surface area contributed by atoms with Crippen LogP contribution >= 0.6 is 0 Å². The zero-order valence-electron chi connectivity index (χ0n) is 15.5. The summed E-state index contributed by atoms with van der Waals surface area (Å²) in [5, 5.41) is 11.5. The van der Waals surface area contributed by atoms with Crippen LogP contribution < -0.4 is 5.32 Å². The first-order chi connectivity index (χ1) is 13.2. The maximum atomic E-state index is 12.8. The number of hydrogen-bond acceptors (Lipinski definition) is 4. The maximum Gasteiger partial charge on any atom is 0.228 e. The Hall–Kier alpha value is -2.93. The van der Waals surface area contributed by atoms with Gasteiger partial charge in [-0.15, -0.1) is 0 Å². The van der Waals surface area contributed by atoms with Crippen molar-refractivity contribution in [2.24, 2.45) is 13.0 Å². The topological polar surface area (TPSA) is 68.0 Å². The molecule has 1 saturated heterocycles. The molecular formula is C20H24N6O. The normalized spacial score (nSPS) is 17.7. The van der Waals surface area contributed by atoms with Gasteiger partial charge in [-0.05, 0) is 43.7 Å². The van der Waals surface area contributed by atoms with Gasteiger partial charge in [0.05, 0.1) is 17.8 Å². The Balaban J connectivity index is 1.38. The predicted octanol–water partition coefficient (Wildman–Crippen LogP) is 2.46. The molecule has 140 valence electrons. The Kier molecular flexibility index (Phi) is 5.02. The highest BCUT2D eigenvalue weighted by atomic mass is 16.1. The molecule has 0 saturated carbocycles. The lowest BCUT2D eigenvalue weighted by atomic mass is 9.96. The molecule has 3 heterocycles. The van der Waals surface area contributed by atoms with Gasteiger partial charge < -0.3 is 5.32 Å². The summed E-state index contributed by atoms with van der Waals surface area (Å²) in [5.41, 5.74) is 2.92. The zero-order chi connectivity index (χ0) is 18.6. The summed E-state index contributed by atoms with van der Waals surface area (Å²) >= 11 is 0. The van der Waals surface area contributed by atoms with Crippen molar-refractivity contribution in [2.75, 3.05) is 18.4 Å². The van der Waals surface area contributed by atoms with E-state index in [1.807, 2.05) is 60.7 Å². The minimum atomic E-state index is 0.00350. The van der Waals surface area contributed by atoms with Gasteiger partial charge in [-0.2, -0.15) is 10.2 Å². The molecule has 4 rings (SSSR count). The first-order valence-electron chi connectivity index (χ1n) is 9.28. The number of rotatable bonds is 5. The molecule has 0 spiro atoms. The van der Waals surface area contributed by atoms with E-state index < -0.39 is 0 Å². The van der Waals surface area contributed by atoms with Crippen LogP contribution in [0.1, 0.15) is 18.4 Å². The highest BCUT2D eigenvalue weighted by Gasteiger charge is 2.26. The third kappa shape index (κ3) is 4.25. The van der Waals surface area contributed by atoms with Gasteiger partial charge in [0.25, 0.3) is 0 Å². The second kappa shape index (κ2) is 7.75. The number of likely N-dealkylation sites (tertiary alicyclic amines) is 1. The van der Waals surface area contributed by atoms with E-state index >= 15 is 0 Å². The number of aryl methyl sites for hydroxylation is 1. The molecule has 1 aromatic carbocycles. The molecule has 2 aromatic heterocycles. The molecule has 1 fully saturated rings. The molecule has 7 nitrogen and oxygen atoms in total. The molecule has 1 aliphatic rings. The van der Waals surface area contributed by atoms with Gasteiger partial charge in [0.1, 0.15) is 0 Å². The van der Waals surface area contributed by atoms with Crippen molar-refractivity contribution in [2.45, 2.75) is 19.4 Å². The van der Waals surface area contributed by atoms with E-state index in [1.165, 1.54) is 5.56 Å². The maximum absolute atomic E-state index is 12.8. The largest absolute Gasteiger partial charge is 0.326 e. The monoisotopic (exact) mass is 364 g/mol. The van der Waals surface area contributed by atoms with Crippen LogP contribution in [-0.2, 0) is 18.4 Å². The fourth-order valence-electron chi connectivity index (χ4n) is 3.62. The van der Waals surface area contributed by atoms with E-state index in [1.54, 1.807) is 10.9 Å². The van der Waals surface area contributed by atoms with E-state index in [-0.39, 0.29) is 11.8 Å². The van der Waals surface area contributed by atoms with Crippen LogP contribution in [0.5, 0.6) is 0 Å². The second-order valence-electron chi connectivity index (χ2n) is 7.09. The quantitative estimate of drug-likeness (QED) is 0.755. The Morgan fingerprint density at radius 3 is 3.00 bits per heavy atom. The van der Waals surface area contributed by atoms with Crippen molar-refractivity contribution >= 4 is 11.6 Å². The van der Waals surface area contributed by atoms with Gasteiger partial charge in [-0.1, -0.05) is 6.07 Å². The van der Waals surface area contributed by atoms with Crippen LogP contribution in [0.25, 0.3) is 5.69 Å². The summed E-state index contributed by atoms with van der Waals surface area (Å²) in [5.74, 6) is 0.0901. The van der Waals surface area contributed by atoms with Crippen molar-refractivity contribution in [1.82, 2.24) is 24.5 Å². The van der Waals surface area contributed by atoms with Crippen LogP contribution in [0.3, 0.4) is 0 Å². The molecule has 1 N–H and O–H groups in total. The Bertz CT molecular complexity index is 901. The number of carbonyl (C=O) groups excluding carboxylic acids is 1. The van der Waals surface area contributed by atoms with Crippen LogP contribution in [0.2, 0.25) is 0 Å². The molecule has 0 radical (unpaired) electrons. The second-order valence-corrected chi connectivity index (χ2v) is 7.09. The SMILES string of the molecule is Cn1cc(CN2CCC[C@H](C(=O)Nc3cccc(-n4cccn4)c3)C2)cn1. The van der Waals surface area contributed by atoms with Crippen molar-refractivity contribution in [3.05, 3.63) is 60.7 Å². The Morgan fingerprint density at radius 2 is 2.22 bits per heavy atom. The molecule has 1 amide bonds. The molecular weight excluding hydrogens is 340 g/mol. The summed E-state index contributed by atoms with van der Waals surface area (Å²) < 4.78 is 3.60. The number of benzene rings is 1. The highest BCUT2D eigenvalue weighted by molar-refractivity contribution is 5.93. The first-order valence-corrected chi connectivity index (χ1v) is 9.28. The lowest BCUT2D eigenvalue weighted by molar-refractivity contribution is -0.121. The highest BCUT2D eigenvalue weighted by Crippen LogP contribution is 2.21. The number of amides is 1. The zero-order valence-corrected chi connectivity index (χ0v) is 15.5. The Labute approximate surface area is 158 Å². The van der Waals surface area contributed by atoms with E-state index in [0.717, 1.165) is 43.9 Å². The van der Waals surface area contributed by atoms with Crippen LogP contribution in [0.4, 0.5) is 5.69 Å². The Morgan fingerprint density at radius 1 is 1.30 bits per heavy atom. The lowest BCUT2D eigenvalue weighted by Gasteiger charge is -2.31. The fourth-order valence-corrected chi connectivity index (χ4v) is 3.62. The van der Waals surface area contributed by atoms with Gasteiger partial charge in [0.15, 0.2) is 0 Å². The van der Waals surface area contributed by atoms with E-state index in [2.05, 4.69) is 20.4 Å². The van der Waals surface area contributed by atoms with Crippen LogP contribution in [0.15, 0.2) is 55.1 Å². The number of nitrogens with zero attached hydrogens (tertiary/aromatic N) is 5. The third-order valence-electron chi connectivity index (χ3n) is 4.92. The number of hydrogen-bond donors (Lipinski definition) is 1. The first kappa shape index (κ1) is 17.5. The summed E-state index contributed by atoms with van der Waals surface area (Å²) in [6, 6.07) is 9.65. The summed E-state index contributed by atoms with van der Waals surface area (Å²) in [4.78, 5) is 15.1. The van der Waals surface area contributed by atoms with Gasteiger partial charge in [-0.25, -0.2) is 4.68 Å². The van der Waals surface area contributed by atoms with Gasteiger partial charge in [0.2, 0.25) is 5.91 Å². The molecule has 3 aromatic rings. The molecule has 0 unspecified atom stereocenters. The number of nitrogens with one attached hydrogen (secondary N) is 1. The summed E-state index contributed by atoms with van der Waals surface area (Å²) in [6.07, 6.45) is 9.51. The van der Waals surface area contributed by atoms with Crippen LogP contribution in [0, 0.1) is 5.92 Å². The summed E-state index contributed by atoms with van der Waals surface area (Å²) in [6.45, 7) is 2.64. The molecule has 7 heteroatoms. The van der Waals surface area contributed by atoms with E-state index in [9.17, 15) is 4.79 Å². The van der Waals surface area contributed by atoms with E-state index in [0.29, 0.717) is 0 Å². The third-order valence-corrected chi connectivity index (χ3v) is 4.92. The minimum Gasteiger partial charge on any atom is -0.326 e.